The van der Waals surface area contributed by atoms with Crippen molar-refractivity contribution in [2.45, 2.75) is 32.7 Å². The average Bonchev–Trinajstić information content (AvgIpc) is 2.81. The summed E-state index contributed by atoms with van der Waals surface area (Å²) >= 11 is 0. The minimum absolute atomic E-state index is 0.152. The number of hydrogen-bond acceptors (Lipinski definition) is 4. The lowest BCUT2D eigenvalue weighted by atomic mass is 9.80. The van der Waals surface area contributed by atoms with E-state index in [-0.39, 0.29) is 29.6 Å². The minimum atomic E-state index is -0.369. The highest BCUT2D eigenvalue weighted by molar-refractivity contribution is 6.07. The van der Waals surface area contributed by atoms with Crippen LogP contribution in [0.4, 0.5) is 17.1 Å². The molecule has 4 rings (SSSR count). The van der Waals surface area contributed by atoms with Crippen LogP contribution in [0.5, 0.6) is 0 Å². The zero-order valence-electron chi connectivity index (χ0n) is 18.5. The highest BCUT2D eigenvalue weighted by Crippen LogP contribution is 2.32. The summed E-state index contributed by atoms with van der Waals surface area (Å²) in [5.74, 6) is -1.30. The Balaban J connectivity index is 1.53. The second-order valence-corrected chi connectivity index (χ2v) is 8.56. The summed E-state index contributed by atoms with van der Waals surface area (Å²) in [5.41, 5.74) is 5.26. The van der Waals surface area contributed by atoms with Gasteiger partial charge in [0.05, 0.1) is 17.5 Å². The van der Waals surface area contributed by atoms with Crippen LogP contribution in [0.1, 0.15) is 37.0 Å². The van der Waals surface area contributed by atoms with Crippen LogP contribution < -0.4 is 20.7 Å². The van der Waals surface area contributed by atoms with Crippen LogP contribution in [0.15, 0.2) is 60.7 Å². The molecule has 32 heavy (non-hydrogen) atoms. The molecule has 2 aromatic carbocycles. The van der Waals surface area contributed by atoms with E-state index >= 15 is 0 Å². The summed E-state index contributed by atoms with van der Waals surface area (Å²) < 4.78 is 0. The van der Waals surface area contributed by atoms with E-state index in [1.54, 1.807) is 24.3 Å². The third-order valence-corrected chi connectivity index (χ3v) is 6.18. The lowest BCUT2D eigenvalue weighted by molar-refractivity contribution is -0.139. The van der Waals surface area contributed by atoms with Gasteiger partial charge in [0.2, 0.25) is 11.8 Å². The molecule has 1 heterocycles. The minimum Gasteiger partial charge on any atom is -0.372 e. The molecule has 0 aromatic heterocycles. The molecule has 2 atom stereocenters. The predicted octanol–water partition coefficient (Wildman–Crippen LogP) is 3.74. The molecule has 2 unspecified atom stereocenters. The number of rotatable bonds is 5. The zero-order chi connectivity index (χ0) is 22.8. The lowest BCUT2D eigenvalue weighted by Gasteiger charge is -2.38. The van der Waals surface area contributed by atoms with Gasteiger partial charge in [0.15, 0.2) is 0 Å². The molecule has 1 fully saturated rings. The van der Waals surface area contributed by atoms with Gasteiger partial charge in [-0.1, -0.05) is 24.3 Å². The number of carbonyl (C=O) groups excluding carboxylic acids is 3. The summed E-state index contributed by atoms with van der Waals surface area (Å²) in [6, 6.07) is 14.7. The third kappa shape index (κ3) is 4.23. The Bertz CT molecular complexity index is 1080. The maximum atomic E-state index is 13.0. The van der Waals surface area contributed by atoms with Gasteiger partial charge in [-0.15, -0.1) is 0 Å². The van der Waals surface area contributed by atoms with E-state index in [9.17, 15) is 14.4 Å². The number of hydrazine groups is 1. The number of fused-ring (bicyclic) bond motifs is 1. The Labute approximate surface area is 188 Å². The molecule has 2 aliphatic rings. The fourth-order valence-corrected chi connectivity index (χ4v) is 4.07. The Kier molecular flexibility index (Phi) is 5.99. The van der Waals surface area contributed by atoms with Crippen molar-refractivity contribution in [1.29, 1.82) is 0 Å². The molecule has 0 radical (unpaired) electrons. The van der Waals surface area contributed by atoms with Crippen molar-refractivity contribution in [1.82, 2.24) is 5.43 Å². The number of allylic oxidation sites excluding steroid dienone is 2. The van der Waals surface area contributed by atoms with Crippen molar-refractivity contribution in [2.75, 3.05) is 22.3 Å². The van der Waals surface area contributed by atoms with E-state index in [0.29, 0.717) is 35.8 Å². The molecule has 1 aliphatic carbocycles. The van der Waals surface area contributed by atoms with Crippen LogP contribution in [0.25, 0.3) is 0 Å². The second-order valence-electron chi connectivity index (χ2n) is 8.56. The first-order valence-corrected chi connectivity index (χ1v) is 10.9. The molecule has 2 aromatic rings. The molecule has 3 amide bonds. The fraction of sp³-hybridized carbons (Fsp3) is 0.320. The molecule has 0 saturated carbocycles. The normalized spacial score (nSPS) is 20.1. The van der Waals surface area contributed by atoms with Gasteiger partial charge in [-0.05, 0) is 63.1 Å². The van der Waals surface area contributed by atoms with Gasteiger partial charge in [-0.2, -0.15) is 0 Å². The third-order valence-electron chi connectivity index (χ3n) is 6.18. The Morgan fingerprint density at radius 1 is 1.06 bits per heavy atom. The van der Waals surface area contributed by atoms with Crippen LogP contribution in [0, 0.1) is 11.8 Å². The summed E-state index contributed by atoms with van der Waals surface area (Å²) in [4.78, 5) is 40.6. The van der Waals surface area contributed by atoms with Gasteiger partial charge in [-0.3, -0.25) is 19.8 Å². The molecule has 7 heteroatoms. The van der Waals surface area contributed by atoms with E-state index in [1.807, 2.05) is 43.5 Å². The molecule has 2 N–H and O–H groups in total. The number of amides is 3. The van der Waals surface area contributed by atoms with Crippen LogP contribution in [-0.4, -0.2) is 30.8 Å². The first kappa shape index (κ1) is 21.6. The van der Waals surface area contributed by atoms with Gasteiger partial charge < -0.3 is 10.2 Å². The Morgan fingerprint density at radius 2 is 1.78 bits per heavy atom. The summed E-state index contributed by atoms with van der Waals surface area (Å²) in [6.45, 7) is 4.20. The number of carbonyl (C=O) groups is 3. The molecule has 166 valence electrons. The van der Waals surface area contributed by atoms with Crippen molar-refractivity contribution in [3.8, 4) is 0 Å². The van der Waals surface area contributed by atoms with E-state index in [1.165, 1.54) is 5.01 Å². The SMILES string of the molecule is CC(C)N(C)c1cccc(NC(=O)c2cccc(N3NC(=O)C4CC=CCC4C3=O)c2)c1. The zero-order valence-corrected chi connectivity index (χ0v) is 18.5. The largest absolute Gasteiger partial charge is 0.372 e. The van der Waals surface area contributed by atoms with Crippen molar-refractivity contribution in [2.24, 2.45) is 11.8 Å². The van der Waals surface area contributed by atoms with Crippen molar-refractivity contribution < 1.29 is 14.4 Å². The number of nitrogens with zero attached hydrogens (tertiary/aromatic N) is 2. The number of anilines is 3. The number of benzene rings is 2. The second kappa shape index (κ2) is 8.86. The van der Waals surface area contributed by atoms with E-state index in [2.05, 4.69) is 29.5 Å². The molecule has 0 bridgehead atoms. The highest BCUT2D eigenvalue weighted by atomic mass is 16.2. The highest BCUT2D eigenvalue weighted by Gasteiger charge is 2.42. The van der Waals surface area contributed by atoms with Crippen LogP contribution in [0.2, 0.25) is 0 Å². The lowest BCUT2D eigenvalue weighted by Crippen LogP contribution is -2.59. The summed E-state index contributed by atoms with van der Waals surface area (Å²) in [6.07, 6.45) is 5.02. The van der Waals surface area contributed by atoms with Crippen molar-refractivity contribution in [3.63, 3.8) is 0 Å². The first-order chi connectivity index (χ1) is 15.3. The molecule has 1 aliphatic heterocycles. The maximum absolute atomic E-state index is 13.0. The molecular weight excluding hydrogens is 404 g/mol. The number of hydrogen-bond donors (Lipinski definition) is 2. The standard InChI is InChI=1S/C25H28N4O3/c1-16(2)28(3)19-10-7-9-18(15-19)26-23(30)17-8-6-11-20(14-17)29-25(32)22-13-5-4-12-21(22)24(31)27-29/h4-11,14-16,21-22H,12-13H2,1-3H3,(H,26,30)(H,27,31). The number of nitrogens with one attached hydrogen (secondary N) is 2. The molecular formula is C25H28N4O3. The quantitative estimate of drug-likeness (QED) is 0.705. The van der Waals surface area contributed by atoms with Gasteiger partial charge in [0.1, 0.15) is 0 Å². The van der Waals surface area contributed by atoms with E-state index < -0.39 is 0 Å². The van der Waals surface area contributed by atoms with Crippen molar-refractivity contribution >= 4 is 34.8 Å². The average molecular weight is 433 g/mol. The van der Waals surface area contributed by atoms with Crippen LogP contribution >= 0.6 is 0 Å². The molecule has 7 nitrogen and oxygen atoms in total. The summed E-state index contributed by atoms with van der Waals surface area (Å²) in [7, 11) is 2.01. The Hall–Kier alpha value is -3.61. The smallest absolute Gasteiger partial charge is 0.255 e. The topological polar surface area (TPSA) is 81.8 Å². The monoisotopic (exact) mass is 432 g/mol. The van der Waals surface area contributed by atoms with Gasteiger partial charge in [0, 0.05) is 30.0 Å². The first-order valence-electron chi connectivity index (χ1n) is 10.9. The fourth-order valence-electron chi connectivity index (χ4n) is 4.07. The van der Waals surface area contributed by atoms with Crippen molar-refractivity contribution in [3.05, 3.63) is 66.2 Å². The van der Waals surface area contributed by atoms with Gasteiger partial charge in [-0.25, -0.2) is 5.01 Å². The maximum Gasteiger partial charge on any atom is 0.255 e. The van der Waals surface area contributed by atoms with Gasteiger partial charge in [0.25, 0.3) is 5.91 Å². The van der Waals surface area contributed by atoms with E-state index in [4.69, 9.17) is 0 Å². The van der Waals surface area contributed by atoms with Gasteiger partial charge >= 0.3 is 0 Å². The summed E-state index contributed by atoms with van der Waals surface area (Å²) in [5, 5.41) is 4.20. The van der Waals surface area contributed by atoms with E-state index in [0.717, 1.165) is 5.69 Å². The Morgan fingerprint density at radius 3 is 2.53 bits per heavy atom. The molecule has 1 saturated heterocycles. The van der Waals surface area contributed by atoms with Crippen LogP contribution in [-0.2, 0) is 9.59 Å². The predicted molar refractivity (Wildman–Crippen MR) is 125 cm³/mol. The molecule has 0 spiro atoms. The van der Waals surface area contributed by atoms with Crippen LogP contribution in [0.3, 0.4) is 0 Å².